The molecular weight excluding hydrogens is 551 g/mol. The minimum absolute atomic E-state index is 0.323. The van der Waals surface area contributed by atoms with E-state index in [0.29, 0.717) is 34.1 Å². The van der Waals surface area contributed by atoms with Gasteiger partial charge in [0, 0.05) is 18.1 Å². The SMILES string of the molecule is CN(CCCCCCc1ccccc1)CCCCNC(=C1CCC1)c1nc(Cl)c(NCc2ccc(Cl)cc2)nc1N. The lowest BCUT2D eigenvalue weighted by molar-refractivity contribution is 0.316. The van der Waals surface area contributed by atoms with Crippen molar-refractivity contribution >= 4 is 40.5 Å². The zero-order valence-electron chi connectivity index (χ0n) is 24.3. The van der Waals surface area contributed by atoms with Gasteiger partial charge in [-0.2, -0.15) is 0 Å². The maximum absolute atomic E-state index is 6.55. The van der Waals surface area contributed by atoms with Crippen LogP contribution in [0.1, 0.15) is 74.6 Å². The number of hydrogen-bond donors (Lipinski definition) is 3. The third-order valence-electron chi connectivity index (χ3n) is 7.67. The van der Waals surface area contributed by atoms with Gasteiger partial charge in [-0.1, -0.05) is 78.5 Å². The molecule has 1 heterocycles. The van der Waals surface area contributed by atoms with E-state index in [0.717, 1.165) is 56.6 Å². The van der Waals surface area contributed by atoms with Crippen molar-refractivity contribution in [2.45, 2.75) is 70.8 Å². The first-order chi connectivity index (χ1) is 20.0. The molecule has 4 rings (SSSR count). The molecule has 0 spiro atoms. The predicted molar refractivity (Wildman–Crippen MR) is 174 cm³/mol. The normalized spacial score (nSPS) is 12.8. The average molecular weight is 596 g/mol. The van der Waals surface area contributed by atoms with Gasteiger partial charge in [0.15, 0.2) is 16.8 Å². The Hall–Kier alpha value is -2.80. The molecule has 1 aliphatic rings. The second-order valence-corrected chi connectivity index (χ2v) is 11.8. The lowest BCUT2D eigenvalue weighted by Crippen LogP contribution is -2.24. The van der Waals surface area contributed by atoms with Gasteiger partial charge in [-0.15, -0.1) is 0 Å². The zero-order valence-corrected chi connectivity index (χ0v) is 25.8. The lowest BCUT2D eigenvalue weighted by atomic mass is 9.89. The molecule has 3 aromatic rings. The molecule has 0 unspecified atom stereocenters. The molecule has 0 aliphatic heterocycles. The smallest absolute Gasteiger partial charge is 0.172 e. The highest BCUT2D eigenvalue weighted by Crippen LogP contribution is 2.34. The molecule has 8 heteroatoms. The van der Waals surface area contributed by atoms with Crippen LogP contribution < -0.4 is 16.4 Å². The molecule has 1 saturated carbocycles. The number of nitrogens with one attached hydrogen (secondary N) is 2. The van der Waals surface area contributed by atoms with Gasteiger partial charge in [0.05, 0.1) is 5.70 Å². The van der Waals surface area contributed by atoms with Crippen LogP contribution in [0.4, 0.5) is 11.6 Å². The molecule has 1 aromatic heterocycles. The molecule has 0 amide bonds. The fourth-order valence-electron chi connectivity index (χ4n) is 5.03. The van der Waals surface area contributed by atoms with E-state index in [1.807, 2.05) is 24.3 Å². The minimum atomic E-state index is 0.323. The summed E-state index contributed by atoms with van der Waals surface area (Å²) in [5, 5.41) is 7.90. The monoisotopic (exact) mass is 594 g/mol. The number of hydrogen-bond acceptors (Lipinski definition) is 6. The van der Waals surface area contributed by atoms with Crippen LogP contribution in [0.2, 0.25) is 10.2 Å². The van der Waals surface area contributed by atoms with Crippen molar-refractivity contribution in [1.29, 1.82) is 0 Å². The van der Waals surface area contributed by atoms with Crippen molar-refractivity contribution in [2.75, 3.05) is 37.7 Å². The Balaban J connectivity index is 1.17. The number of rotatable bonds is 17. The van der Waals surface area contributed by atoms with Crippen LogP contribution in [0.25, 0.3) is 5.70 Å². The van der Waals surface area contributed by atoms with E-state index in [1.165, 1.54) is 49.7 Å². The molecule has 0 atom stereocenters. The Kier molecular flexibility index (Phi) is 12.6. The van der Waals surface area contributed by atoms with E-state index in [4.69, 9.17) is 28.9 Å². The highest BCUT2D eigenvalue weighted by Gasteiger charge is 2.21. The van der Waals surface area contributed by atoms with Crippen molar-refractivity contribution in [2.24, 2.45) is 0 Å². The van der Waals surface area contributed by atoms with Gasteiger partial charge in [-0.05, 0) is 100 Å². The molecule has 2 aromatic carbocycles. The number of aryl methyl sites for hydroxylation is 1. The predicted octanol–water partition coefficient (Wildman–Crippen LogP) is 7.98. The van der Waals surface area contributed by atoms with Crippen molar-refractivity contribution < 1.29 is 0 Å². The quantitative estimate of drug-likeness (QED) is 0.137. The Labute approximate surface area is 255 Å². The first-order valence-corrected chi connectivity index (χ1v) is 15.8. The van der Waals surface area contributed by atoms with E-state index in [1.54, 1.807) is 0 Å². The summed E-state index contributed by atoms with van der Waals surface area (Å²) in [6.07, 6.45) is 11.9. The summed E-state index contributed by atoms with van der Waals surface area (Å²) in [5.41, 5.74) is 11.9. The number of aromatic nitrogens is 2. The standard InChI is InChI=1S/C33H44Cl2N6/c1-41(22-9-3-2-5-12-25-13-6-4-7-14-25)23-10-8-21-37-29(27-15-11-16-27)30-32(36)40-33(31(35)39-30)38-24-26-17-19-28(34)20-18-26/h4,6-7,13-14,17-20,37H,2-3,5,8-12,15-16,21-24H2,1H3,(H3,36,38,40). The van der Waals surface area contributed by atoms with Crippen LogP contribution in [-0.4, -0.2) is 41.5 Å². The number of unbranched alkanes of at least 4 members (excludes halogenated alkanes) is 4. The van der Waals surface area contributed by atoms with Crippen LogP contribution >= 0.6 is 23.2 Å². The van der Waals surface area contributed by atoms with Gasteiger partial charge in [0.25, 0.3) is 0 Å². The summed E-state index contributed by atoms with van der Waals surface area (Å²) in [6, 6.07) is 18.4. The number of nitrogens with two attached hydrogens (primary N) is 1. The minimum Gasteiger partial charge on any atom is -0.383 e. The summed E-state index contributed by atoms with van der Waals surface area (Å²) in [6.45, 7) is 3.71. The van der Waals surface area contributed by atoms with Gasteiger partial charge >= 0.3 is 0 Å². The molecule has 1 aliphatic carbocycles. The van der Waals surface area contributed by atoms with Crippen LogP contribution in [0.5, 0.6) is 0 Å². The summed E-state index contributed by atoms with van der Waals surface area (Å²) >= 11 is 12.5. The number of halogens is 2. The largest absolute Gasteiger partial charge is 0.383 e. The fraction of sp³-hybridized carbons (Fsp3) is 0.455. The van der Waals surface area contributed by atoms with E-state index in [2.05, 4.69) is 62.9 Å². The van der Waals surface area contributed by atoms with E-state index in [9.17, 15) is 0 Å². The lowest BCUT2D eigenvalue weighted by Gasteiger charge is -2.24. The second kappa shape index (κ2) is 16.6. The number of benzene rings is 2. The molecule has 4 N–H and O–H groups in total. The number of nitrogens with zero attached hydrogens (tertiary/aromatic N) is 3. The molecular formula is C33H44Cl2N6. The van der Waals surface area contributed by atoms with Crippen LogP contribution in [0.15, 0.2) is 60.2 Å². The van der Waals surface area contributed by atoms with Crippen molar-refractivity contribution in [1.82, 2.24) is 20.2 Å². The van der Waals surface area contributed by atoms with Crippen LogP contribution in [0.3, 0.4) is 0 Å². The van der Waals surface area contributed by atoms with Crippen LogP contribution in [-0.2, 0) is 13.0 Å². The highest BCUT2D eigenvalue weighted by molar-refractivity contribution is 6.31. The first kappa shape index (κ1) is 31.1. The van der Waals surface area contributed by atoms with E-state index >= 15 is 0 Å². The zero-order chi connectivity index (χ0) is 28.9. The fourth-order valence-corrected chi connectivity index (χ4v) is 5.35. The average Bonchev–Trinajstić information content (AvgIpc) is 2.95. The maximum Gasteiger partial charge on any atom is 0.172 e. The molecule has 6 nitrogen and oxygen atoms in total. The molecule has 0 saturated heterocycles. The molecule has 0 radical (unpaired) electrons. The van der Waals surface area contributed by atoms with Crippen LogP contribution in [0, 0.1) is 0 Å². The van der Waals surface area contributed by atoms with Gasteiger partial charge in [0.2, 0.25) is 0 Å². The number of nitrogen functional groups attached to an aromatic ring is 1. The first-order valence-electron chi connectivity index (χ1n) is 15.0. The number of allylic oxidation sites excluding steroid dienone is 1. The highest BCUT2D eigenvalue weighted by atomic mass is 35.5. The Morgan fingerprint density at radius 3 is 2.27 bits per heavy atom. The van der Waals surface area contributed by atoms with E-state index < -0.39 is 0 Å². The van der Waals surface area contributed by atoms with Gasteiger partial charge in [-0.3, -0.25) is 0 Å². The third-order valence-corrected chi connectivity index (χ3v) is 8.18. The van der Waals surface area contributed by atoms with Crippen molar-refractivity contribution in [3.05, 3.63) is 87.2 Å². The Morgan fingerprint density at radius 2 is 1.56 bits per heavy atom. The van der Waals surface area contributed by atoms with Crippen molar-refractivity contribution in [3.63, 3.8) is 0 Å². The molecule has 1 fully saturated rings. The second-order valence-electron chi connectivity index (χ2n) is 11.0. The van der Waals surface area contributed by atoms with Gasteiger partial charge < -0.3 is 21.3 Å². The van der Waals surface area contributed by atoms with E-state index in [-0.39, 0.29) is 0 Å². The van der Waals surface area contributed by atoms with Gasteiger partial charge in [0.1, 0.15) is 5.69 Å². The number of anilines is 2. The van der Waals surface area contributed by atoms with Gasteiger partial charge in [-0.25, -0.2) is 9.97 Å². The van der Waals surface area contributed by atoms with Crippen molar-refractivity contribution in [3.8, 4) is 0 Å². The Morgan fingerprint density at radius 1 is 0.854 bits per heavy atom. The molecule has 0 bridgehead atoms. The topological polar surface area (TPSA) is 79.1 Å². The summed E-state index contributed by atoms with van der Waals surface area (Å²) in [4.78, 5) is 11.7. The summed E-state index contributed by atoms with van der Waals surface area (Å²) < 4.78 is 0. The molecule has 41 heavy (non-hydrogen) atoms. The molecule has 220 valence electrons. The third kappa shape index (κ3) is 10.2. The maximum atomic E-state index is 6.55. The Bertz CT molecular complexity index is 1240. The summed E-state index contributed by atoms with van der Waals surface area (Å²) in [5.74, 6) is 0.874. The summed E-state index contributed by atoms with van der Waals surface area (Å²) in [7, 11) is 2.24.